The summed E-state index contributed by atoms with van der Waals surface area (Å²) in [4.78, 5) is 24.1. The summed E-state index contributed by atoms with van der Waals surface area (Å²) in [6.07, 6.45) is 8.95. The average Bonchev–Trinajstić information content (AvgIpc) is 2.58. The highest BCUT2D eigenvalue weighted by Crippen LogP contribution is 2.34. The van der Waals surface area contributed by atoms with Crippen LogP contribution < -0.4 is 20.1 Å². The van der Waals surface area contributed by atoms with E-state index in [0.717, 1.165) is 5.56 Å². The van der Waals surface area contributed by atoms with Crippen molar-refractivity contribution in [2.45, 2.75) is 13.3 Å². The zero-order valence-corrected chi connectivity index (χ0v) is 15.1. The smallest absolute Gasteiger partial charge is 0.263 e. The minimum atomic E-state index is -0.561. The standard InChI is InChI=1S/C19H18N2O4S/c1-4-7-13-9-12(10-14-17(22)20-19(26)21-18(14)23)11-15(24-6-3)16(13)25-8-5-2/h2,4,9-11H,1,6-8H2,3H3,(H2,20,21,22,23,26). The van der Waals surface area contributed by atoms with Gasteiger partial charge in [0.15, 0.2) is 16.6 Å². The third kappa shape index (κ3) is 4.49. The largest absolute Gasteiger partial charge is 0.490 e. The molecule has 1 fully saturated rings. The molecule has 2 N–H and O–H groups in total. The molecule has 0 unspecified atom stereocenters. The van der Waals surface area contributed by atoms with Gasteiger partial charge in [-0.2, -0.15) is 0 Å². The van der Waals surface area contributed by atoms with Gasteiger partial charge < -0.3 is 9.47 Å². The molecule has 2 amide bonds. The number of carbonyl (C=O) groups is 2. The summed E-state index contributed by atoms with van der Waals surface area (Å²) in [7, 11) is 0. The number of allylic oxidation sites excluding steroid dienone is 1. The first-order valence-electron chi connectivity index (χ1n) is 7.85. The second-order valence-corrected chi connectivity index (χ2v) is 5.63. The fraction of sp³-hybridized carbons (Fsp3) is 0.211. The van der Waals surface area contributed by atoms with Crippen molar-refractivity contribution in [1.29, 1.82) is 0 Å². The lowest BCUT2D eigenvalue weighted by atomic mass is 10.0. The molecule has 0 atom stereocenters. The van der Waals surface area contributed by atoms with Crippen molar-refractivity contribution in [3.05, 3.63) is 41.5 Å². The lowest BCUT2D eigenvalue weighted by molar-refractivity contribution is -0.123. The van der Waals surface area contributed by atoms with Crippen molar-refractivity contribution in [3.63, 3.8) is 0 Å². The highest BCUT2D eigenvalue weighted by Gasteiger charge is 2.26. The normalized spacial score (nSPS) is 13.4. The summed E-state index contributed by atoms with van der Waals surface area (Å²) >= 11 is 4.79. The van der Waals surface area contributed by atoms with Gasteiger partial charge in [-0.05, 0) is 49.3 Å². The molecular formula is C19H18N2O4S. The fourth-order valence-electron chi connectivity index (χ4n) is 2.39. The van der Waals surface area contributed by atoms with Crippen LogP contribution >= 0.6 is 12.2 Å². The molecule has 0 saturated carbocycles. The molecule has 0 spiro atoms. The van der Waals surface area contributed by atoms with Crippen LogP contribution in [0.5, 0.6) is 11.5 Å². The fourth-order valence-corrected chi connectivity index (χ4v) is 2.57. The highest BCUT2D eigenvalue weighted by molar-refractivity contribution is 7.80. The zero-order chi connectivity index (χ0) is 19.1. The zero-order valence-electron chi connectivity index (χ0n) is 14.3. The summed E-state index contributed by atoms with van der Waals surface area (Å²) in [5, 5.41) is 4.78. The van der Waals surface area contributed by atoms with E-state index in [1.807, 2.05) is 6.92 Å². The number of ether oxygens (including phenoxy) is 2. The molecule has 1 saturated heterocycles. The number of hydrogen-bond acceptors (Lipinski definition) is 5. The Balaban J connectivity index is 2.51. The third-order valence-corrected chi connectivity index (χ3v) is 3.58. The van der Waals surface area contributed by atoms with Crippen LogP contribution in [0.1, 0.15) is 18.1 Å². The van der Waals surface area contributed by atoms with E-state index < -0.39 is 11.8 Å². The molecule has 0 bridgehead atoms. The van der Waals surface area contributed by atoms with Gasteiger partial charge in [-0.15, -0.1) is 13.0 Å². The lowest BCUT2D eigenvalue weighted by Gasteiger charge is -2.18. The molecule has 6 nitrogen and oxygen atoms in total. The second kappa shape index (κ2) is 8.83. The number of amides is 2. The van der Waals surface area contributed by atoms with Crippen molar-refractivity contribution in [2.75, 3.05) is 13.2 Å². The van der Waals surface area contributed by atoms with E-state index in [1.165, 1.54) is 6.08 Å². The van der Waals surface area contributed by atoms with Crippen LogP contribution in [-0.4, -0.2) is 30.1 Å². The number of rotatable bonds is 7. The van der Waals surface area contributed by atoms with E-state index in [9.17, 15) is 9.59 Å². The van der Waals surface area contributed by atoms with Crippen LogP contribution in [0.15, 0.2) is 30.4 Å². The van der Waals surface area contributed by atoms with E-state index in [-0.39, 0.29) is 17.3 Å². The Labute approximate surface area is 157 Å². The summed E-state index contributed by atoms with van der Waals surface area (Å²) in [6, 6.07) is 3.47. The molecule has 0 radical (unpaired) electrons. The summed E-state index contributed by atoms with van der Waals surface area (Å²) in [5.41, 5.74) is 1.33. The van der Waals surface area contributed by atoms with Crippen molar-refractivity contribution < 1.29 is 19.1 Å². The molecule has 1 aromatic rings. The number of hydrogen-bond donors (Lipinski definition) is 2. The van der Waals surface area contributed by atoms with Gasteiger partial charge in [0.05, 0.1) is 6.61 Å². The van der Waals surface area contributed by atoms with Crippen LogP contribution in [0.25, 0.3) is 6.08 Å². The van der Waals surface area contributed by atoms with E-state index in [4.69, 9.17) is 28.1 Å². The van der Waals surface area contributed by atoms with Gasteiger partial charge in [-0.1, -0.05) is 12.0 Å². The lowest BCUT2D eigenvalue weighted by Crippen LogP contribution is -2.51. The van der Waals surface area contributed by atoms with Crippen LogP contribution in [0.4, 0.5) is 0 Å². The van der Waals surface area contributed by atoms with Gasteiger partial charge in [-0.3, -0.25) is 20.2 Å². The molecule has 1 aromatic carbocycles. The number of thiocarbonyl (C=S) groups is 1. The van der Waals surface area contributed by atoms with Gasteiger partial charge in [0.2, 0.25) is 0 Å². The molecule has 2 rings (SSSR count). The topological polar surface area (TPSA) is 76.7 Å². The third-order valence-electron chi connectivity index (χ3n) is 3.37. The van der Waals surface area contributed by atoms with E-state index >= 15 is 0 Å². The molecule has 1 aliphatic heterocycles. The maximum Gasteiger partial charge on any atom is 0.263 e. The van der Waals surface area contributed by atoms with E-state index in [1.54, 1.807) is 18.2 Å². The van der Waals surface area contributed by atoms with Crippen LogP contribution in [0, 0.1) is 12.3 Å². The summed E-state index contributed by atoms with van der Waals surface area (Å²) < 4.78 is 11.3. The molecule has 1 aliphatic rings. The van der Waals surface area contributed by atoms with Crippen LogP contribution in [0.3, 0.4) is 0 Å². The van der Waals surface area contributed by atoms with E-state index in [2.05, 4.69) is 23.1 Å². The van der Waals surface area contributed by atoms with Crippen molar-refractivity contribution in [1.82, 2.24) is 10.6 Å². The maximum absolute atomic E-state index is 12.0. The van der Waals surface area contributed by atoms with Crippen LogP contribution in [-0.2, 0) is 16.0 Å². The predicted octanol–water partition coefficient (Wildman–Crippen LogP) is 1.74. The Morgan fingerprint density at radius 1 is 1.27 bits per heavy atom. The minimum Gasteiger partial charge on any atom is -0.490 e. The number of carbonyl (C=O) groups excluding carboxylic acids is 2. The number of benzene rings is 1. The van der Waals surface area contributed by atoms with Gasteiger partial charge in [0.25, 0.3) is 11.8 Å². The molecule has 26 heavy (non-hydrogen) atoms. The molecule has 0 aromatic heterocycles. The summed E-state index contributed by atoms with van der Waals surface area (Å²) in [5.74, 6) is 2.29. The Kier molecular flexibility index (Phi) is 6.53. The second-order valence-electron chi connectivity index (χ2n) is 5.22. The van der Waals surface area contributed by atoms with Crippen LogP contribution in [0.2, 0.25) is 0 Å². The van der Waals surface area contributed by atoms with Gasteiger partial charge in [0, 0.05) is 5.56 Å². The number of terminal acetylenes is 1. The van der Waals surface area contributed by atoms with E-state index in [0.29, 0.717) is 30.1 Å². The Morgan fingerprint density at radius 2 is 1.96 bits per heavy atom. The van der Waals surface area contributed by atoms with Crippen molar-refractivity contribution in [3.8, 4) is 23.8 Å². The van der Waals surface area contributed by atoms with Crippen molar-refractivity contribution >= 4 is 35.2 Å². The Morgan fingerprint density at radius 3 is 2.54 bits per heavy atom. The molecule has 1 heterocycles. The average molecular weight is 370 g/mol. The minimum absolute atomic E-state index is 0.0162. The van der Waals surface area contributed by atoms with Gasteiger partial charge in [-0.25, -0.2) is 0 Å². The molecule has 7 heteroatoms. The SMILES string of the molecule is C#CCOc1c(CC=C)cc(C=C2C(=O)NC(=S)NC2=O)cc1OCC. The van der Waals surface area contributed by atoms with Gasteiger partial charge >= 0.3 is 0 Å². The Bertz CT molecular complexity index is 815. The quantitative estimate of drug-likeness (QED) is 0.251. The monoisotopic (exact) mass is 370 g/mol. The first-order valence-corrected chi connectivity index (χ1v) is 8.26. The molecule has 134 valence electrons. The molecule has 0 aliphatic carbocycles. The Hall–Kier alpha value is -3.11. The highest BCUT2D eigenvalue weighted by atomic mass is 32.1. The molecular weight excluding hydrogens is 352 g/mol. The maximum atomic E-state index is 12.0. The van der Waals surface area contributed by atoms with Gasteiger partial charge in [0.1, 0.15) is 12.2 Å². The summed E-state index contributed by atoms with van der Waals surface area (Å²) in [6.45, 7) is 6.08. The first kappa shape index (κ1) is 19.2. The van der Waals surface area contributed by atoms with Crippen molar-refractivity contribution in [2.24, 2.45) is 0 Å². The number of nitrogens with one attached hydrogen (secondary N) is 2. The first-order chi connectivity index (χ1) is 12.5. The predicted molar refractivity (Wildman–Crippen MR) is 103 cm³/mol.